The standard InChI is InChI=1S/C30H21F6N3O6S/c1-14-37-26(29(32,33)34)12-39(14)22-6-4-16(18-9-21(31)20(13-40)25(11-18)46(3,41)42)8-19(22)28-27(38-15(2)43-28)17-5-7-23-24(10-17)45-30(35,36)44-23/h4-12,40H,13H2,1-3H3. The van der Waals surface area contributed by atoms with E-state index in [0.717, 1.165) is 29.2 Å². The predicted octanol–water partition coefficient (Wildman–Crippen LogP) is 6.85. The highest BCUT2D eigenvalue weighted by Crippen LogP contribution is 2.45. The third-order valence-electron chi connectivity index (χ3n) is 7.13. The van der Waals surface area contributed by atoms with Gasteiger partial charge in [0.05, 0.1) is 17.2 Å². The number of aromatic nitrogens is 3. The Balaban J connectivity index is 1.60. The van der Waals surface area contributed by atoms with Crippen molar-refractivity contribution < 1.29 is 53.8 Å². The lowest BCUT2D eigenvalue weighted by Gasteiger charge is -2.15. The van der Waals surface area contributed by atoms with E-state index in [9.17, 15) is 35.5 Å². The number of hydrogen-bond acceptors (Lipinski definition) is 8. The Labute approximate surface area is 256 Å². The van der Waals surface area contributed by atoms with Crippen LogP contribution in [0.1, 0.15) is 23.0 Å². The number of aliphatic hydroxyl groups is 1. The van der Waals surface area contributed by atoms with E-state index in [4.69, 9.17) is 4.42 Å². The van der Waals surface area contributed by atoms with Crippen LogP contribution in [0.5, 0.6) is 11.5 Å². The van der Waals surface area contributed by atoms with Crippen LogP contribution in [0, 0.1) is 19.7 Å². The van der Waals surface area contributed by atoms with Crippen molar-refractivity contribution in [2.24, 2.45) is 0 Å². The van der Waals surface area contributed by atoms with E-state index in [1.54, 1.807) is 0 Å². The molecule has 5 aromatic rings. The summed E-state index contributed by atoms with van der Waals surface area (Å²) >= 11 is 0. The zero-order valence-electron chi connectivity index (χ0n) is 23.9. The maximum Gasteiger partial charge on any atom is 0.586 e. The minimum Gasteiger partial charge on any atom is -0.440 e. The van der Waals surface area contributed by atoms with Gasteiger partial charge in [-0.1, -0.05) is 6.07 Å². The fourth-order valence-electron chi connectivity index (χ4n) is 5.12. The van der Waals surface area contributed by atoms with Gasteiger partial charge in [0.25, 0.3) is 0 Å². The number of hydrogen-bond donors (Lipinski definition) is 1. The molecule has 0 bridgehead atoms. The molecule has 9 nitrogen and oxygen atoms in total. The van der Waals surface area contributed by atoms with Gasteiger partial charge in [-0.3, -0.25) is 0 Å². The monoisotopic (exact) mass is 665 g/mol. The first-order valence-electron chi connectivity index (χ1n) is 13.2. The number of sulfone groups is 1. The Morgan fingerprint density at radius 2 is 1.63 bits per heavy atom. The molecule has 0 spiro atoms. The molecule has 0 saturated heterocycles. The first-order valence-corrected chi connectivity index (χ1v) is 15.1. The number of alkyl halides is 5. The molecular weight excluding hydrogens is 644 g/mol. The minimum absolute atomic E-state index is 0.0163. The van der Waals surface area contributed by atoms with Gasteiger partial charge in [0.1, 0.15) is 17.3 Å². The van der Waals surface area contributed by atoms with Gasteiger partial charge in [0, 0.05) is 36.1 Å². The van der Waals surface area contributed by atoms with Gasteiger partial charge in [-0.15, -0.1) is 8.78 Å². The summed E-state index contributed by atoms with van der Waals surface area (Å²) in [5.41, 5.74) is -0.800. The number of imidazole rings is 1. The second-order valence-electron chi connectivity index (χ2n) is 10.4. The Morgan fingerprint density at radius 1 is 0.935 bits per heavy atom. The van der Waals surface area contributed by atoms with Gasteiger partial charge in [-0.05, 0) is 60.5 Å². The van der Waals surface area contributed by atoms with Crippen molar-refractivity contribution >= 4 is 9.84 Å². The topological polar surface area (TPSA) is 117 Å². The van der Waals surface area contributed by atoms with Crippen molar-refractivity contribution in [2.45, 2.75) is 37.8 Å². The Hall–Kier alpha value is -4.83. The third kappa shape index (κ3) is 5.58. The van der Waals surface area contributed by atoms with Crippen molar-refractivity contribution in [1.29, 1.82) is 0 Å². The van der Waals surface area contributed by atoms with Crippen LogP contribution in [-0.2, 0) is 22.6 Å². The quantitative estimate of drug-likeness (QED) is 0.196. The van der Waals surface area contributed by atoms with Crippen molar-refractivity contribution in [3.8, 4) is 50.9 Å². The summed E-state index contributed by atoms with van der Waals surface area (Å²) < 4.78 is 124. The van der Waals surface area contributed by atoms with Gasteiger partial charge < -0.3 is 23.6 Å². The number of aryl methyl sites for hydroxylation is 2. The molecule has 3 aromatic carbocycles. The first kappa shape index (κ1) is 31.2. The maximum absolute atomic E-state index is 15.1. The van der Waals surface area contributed by atoms with Crippen LogP contribution in [-0.4, -0.2) is 40.6 Å². The number of benzene rings is 3. The molecule has 0 unspecified atom stereocenters. The van der Waals surface area contributed by atoms with Crippen LogP contribution in [0.4, 0.5) is 26.3 Å². The molecule has 6 rings (SSSR count). The molecule has 0 aliphatic carbocycles. The summed E-state index contributed by atoms with van der Waals surface area (Å²) in [4.78, 5) is 7.56. The number of aliphatic hydroxyl groups excluding tert-OH is 1. The number of fused-ring (bicyclic) bond motifs is 1. The van der Waals surface area contributed by atoms with Gasteiger partial charge in [-0.2, -0.15) is 13.2 Å². The molecule has 46 heavy (non-hydrogen) atoms. The molecule has 240 valence electrons. The summed E-state index contributed by atoms with van der Waals surface area (Å²) in [6, 6.07) is 10.3. The van der Waals surface area contributed by atoms with Gasteiger partial charge >= 0.3 is 12.5 Å². The molecule has 0 saturated carbocycles. The Bertz CT molecular complexity index is 2140. The average molecular weight is 666 g/mol. The molecule has 16 heteroatoms. The third-order valence-corrected chi connectivity index (χ3v) is 8.29. The van der Waals surface area contributed by atoms with E-state index in [1.807, 2.05) is 0 Å². The lowest BCUT2D eigenvalue weighted by Crippen LogP contribution is -2.25. The Kier molecular flexibility index (Phi) is 7.20. The van der Waals surface area contributed by atoms with E-state index in [1.165, 1.54) is 50.2 Å². The van der Waals surface area contributed by atoms with Crippen molar-refractivity contribution in [2.75, 3.05) is 6.26 Å². The lowest BCUT2D eigenvalue weighted by molar-refractivity contribution is -0.286. The molecule has 0 fully saturated rings. The summed E-state index contributed by atoms with van der Waals surface area (Å²) in [5, 5.41) is 9.62. The lowest BCUT2D eigenvalue weighted by atomic mass is 9.97. The number of ether oxygens (including phenoxy) is 2. The maximum atomic E-state index is 15.1. The zero-order chi connectivity index (χ0) is 33.3. The Morgan fingerprint density at radius 3 is 2.28 bits per heavy atom. The molecule has 1 aliphatic heterocycles. The van der Waals surface area contributed by atoms with Crippen molar-refractivity contribution in [3.05, 3.63) is 83.5 Å². The van der Waals surface area contributed by atoms with E-state index in [-0.39, 0.29) is 62.6 Å². The molecular formula is C30H21F6N3O6S. The van der Waals surface area contributed by atoms with Crippen molar-refractivity contribution in [1.82, 2.24) is 14.5 Å². The van der Waals surface area contributed by atoms with Crippen LogP contribution in [0.3, 0.4) is 0 Å². The number of halogens is 6. The van der Waals surface area contributed by atoms with Crippen LogP contribution in [0.15, 0.2) is 64.0 Å². The van der Waals surface area contributed by atoms with Crippen molar-refractivity contribution in [3.63, 3.8) is 0 Å². The molecule has 1 aliphatic rings. The number of nitrogens with zero attached hydrogens (tertiary/aromatic N) is 3. The van der Waals surface area contributed by atoms with Crippen LogP contribution < -0.4 is 9.47 Å². The highest BCUT2D eigenvalue weighted by molar-refractivity contribution is 7.90. The first-order chi connectivity index (χ1) is 21.4. The molecule has 0 atom stereocenters. The fourth-order valence-corrected chi connectivity index (χ4v) is 6.08. The second kappa shape index (κ2) is 10.6. The molecule has 2 aromatic heterocycles. The second-order valence-corrected chi connectivity index (χ2v) is 12.4. The van der Waals surface area contributed by atoms with Gasteiger partial charge in [-0.25, -0.2) is 22.8 Å². The molecule has 1 N–H and O–H groups in total. The average Bonchev–Trinajstić information content (AvgIpc) is 3.64. The normalized spacial score (nSPS) is 14.2. The highest BCUT2D eigenvalue weighted by Gasteiger charge is 2.43. The molecule has 3 heterocycles. The summed E-state index contributed by atoms with van der Waals surface area (Å²) in [6.07, 6.45) is -7.04. The molecule has 0 amide bonds. The van der Waals surface area contributed by atoms with Crippen LogP contribution in [0.25, 0.3) is 39.4 Å². The highest BCUT2D eigenvalue weighted by atomic mass is 32.2. The van der Waals surface area contributed by atoms with Crippen LogP contribution in [0.2, 0.25) is 0 Å². The smallest absolute Gasteiger partial charge is 0.440 e. The number of rotatable bonds is 6. The molecule has 0 radical (unpaired) electrons. The summed E-state index contributed by atoms with van der Waals surface area (Å²) in [5.74, 6) is -1.50. The van der Waals surface area contributed by atoms with E-state index < -0.39 is 50.9 Å². The van der Waals surface area contributed by atoms with Gasteiger partial charge in [0.15, 0.2) is 38.7 Å². The van der Waals surface area contributed by atoms with E-state index in [0.29, 0.717) is 0 Å². The largest absolute Gasteiger partial charge is 0.586 e. The summed E-state index contributed by atoms with van der Waals surface area (Å²) in [7, 11) is -4.00. The zero-order valence-corrected chi connectivity index (χ0v) is 24.7. The minimum atomic E-state index is -4.77. The van der Waals surface area contributed by atoms with E-state index >= 15 is 4.39 Å². The SMILES string of the molecule is Cc1nc(-c2ccc3c(c2)OC(F)(F)O3)c(-c2cc(-c3cc(F)c(CO)c(S(C)(=O)=O)c3)ccc2-n2cc(C(F)(F)F)nc2C)o1. The van der Waals surface area contributed by atoms with Crippen LogP contribution >= 0.6 is 0 Å². The van der Waals surface area contributed by atoms with Gasteiger partial charge in [0.2, 0.25) is 0 Å². The fraction of sp³-hybridized carbons (Fsp3) is 0.200. The predicted molar refractivity (Wildman–Crippen MR) is 150 cm³/mol. The van der Waals surface area contributed by atoms with E-state index in [2.05, 4.69) is 19.4 Å². The summed E-state index contributed by atoms with van der Waals surface area (Å²) in [6.45, 7) is 1.95. The number of oxazole rings is 1.